The summed E-state index contributed by atoms with van der Waals surface area (Å²) in [6.45, 7) is 2.35. The van der Waals surface area contributed by atoms with Crippen molar-refractivity contribution in [3.63, 3.8) is 0 Å². The van der Waals surface area contributed by atoms with Gasteiger partial charge in [-0.15, -0.1) is 0 Å². The van der Waals surface area contributed by atoms with E-state index in [1.807, 2.05) is 6.92 Å². The Balaban J connectivity index is 2.70. The first-order valence-corrected chi connectivity index (χ1v) is 7.61. The van der Waals surface area contributed by atoms with Gasteiger partial charge in [0.2, 0.25) is 0 Å². The van der Waals surface area contributed by atoms with Gasteiger partial charge in [-0.05, 0) is 24.7 Å². The number of ether oxygens (including phenoxy) is 1. The van der Waals surface area contributed by atoms with Gasteiger partial charge in [0.1, 0.15) is 0 Å². The molecule has 0 amide bonds. The lowest BCUT2D eigenvalue weighted by atomic mass is 9.80. The van der Waals surface area contributed by atoms with Crippen molar-refractivity contribution in [3.05, 3.63) is 0 Å². The van der Waals surface area contributed by atoms with Crippen molar-refractivity contribution in [2.75, 3.05) is 25.2 Å². The fourth-order valence-corrected chi connectivity index (χ4v) is 4.35. The molecule has 1 aliphatic rings. The standard InChI is InChI=1S/C11H20O5S/c1-8(3-5-16-2)10(11(12)13)9-4-6-17(14,15)7-9/h8-10H,3-7H2,1-2H3,(H,12,13). The van der Waals surface area contributed by atoms with Crippen molar-refractivity contribution >= 4 is 15.8 Å². The summed E-state index contributed by atoms with van der Waals surface area (Å²) in [5.74, 6) is -1.65. The summed E-state index contributed by atoms with van der Waals surface area (Å²) in [7, 11) is -1.45. The molecule has 0 aromatic rings. The van der Waals surface area contributed by atoms with Crippen LogP contribution < -0.4 is 0 Å². The molecule has 0 aliphatic carbocycles. The summed E-state index contributed by atoms with van der Waals surface area (Å²) in [6.07, 6.45) is 1.11. The zero-order valence-electron chi connectivity index (χ0n) is 10.3. The van der Waals surface area contributed by atoms with Crippen molar-refractivity contribution in [1.29, 1.82) is 0 Å². The molecule has 100 valence electrons. The Morgan fingerprint density at radius 2 is 2.18 bits per heavy atom. The smallest absolute Gasteiger partial charge is 0.307 e. The lowest BCUT2D eigenvalue weighted by Crippen LogP contribution is -2.31. The molecule has 1 heterocycles. The Bertz CT molecular complexity index is 362. The van der Waals surface area contributed by atoms with Gasteiger partial charge < -0.3 is 9.84 Å². The Kier molecular flexibility index (Phi) is 4.94. The minimum Gasteiger partial charge on any atom is -0.481 e. The van der Waals surface area contributed by atoms with Gasteiger partial charge in [-0.3, -0.25) is 4.79 Å². The molecule has 6 heteroatoms. The van der Waals surface area contributed by atoms with Gasteiger partial charge in [-0.1, -0.05) is 6.92 Å². The molecule has 0 saturated carbocycles. The lowest BCUT2D eigenvalue weighted by Gasteiger charge is -2.24. The highest BCUT2D eigenvalue weighted by Gasteiger charge is 2.39. The van der Waals surface area contributed by atoms with E-state index >= 15 is 0 Å². The van der Waals surface area contributed by atoms with Crippen molar-refractivity contribution < 1.29 is 23.1 Å². The Morgan fingerprint density at radius 1 is 1.53 bits per heavy atom. The van der Waals surface area contributed by atoms with Gasteiger partial charge in [-0.2, -0.15) is 0 Å². The highest BCUT2D eigenvalue weighted by atomic mass is 32.2. The van der Waals surface area contributed by atoms with E-state index < -0.39 is 21.7 Å². The summed E-state index contributed by atoms with van der Waals surface area (Å²) in [6, 6.07) is 0. The topological polar surface area (TPSA) is 80.7 Å². The highest BCUT2D eigenvalue weighted by Crippen LogP contribution is 2.32. The summed E-state index contributed by atoms with van der Waals surface area (Å²) >= 11 is 0. The Morgan fingerprint density at radius 3 is 2.59 bits per heavy atom. The van der Waals surface area contributed by atoms with E-state index in [9.17, 15) is 18.3 Å². The van der Waals surface area contributed by atoms with Crippen LogP contribution in [0.3, 0.4) is 0 Å². The number of hydrogen-bond donors (Lipinski definition) is 1. The normalized spacial score (nSPS) is 26.6. The second kappa shape index (κ2) is 5.82. The Hall–Kier alpha value is -0.620. The van der Waals surface area contributed by atoms with E-state index in [2.05, 4.69) is 0 Å². The number of carbonyl (C=O) groups is 1. The van der Waals surface area contributed by atoms with Crippen LogP contribution in [0.25, 0.3) is 0 Å². The van der Waals surface area contributed by atoms with Crippen LogP contribution >= 0.6 is 0 Å². The first-order valence-electron chi connectivity index (χ1n) is 5.79. The number of rotatable bonds is 6. The molecule has 1 fully saturated rings. The minimum atomic E-state index is -3.02. The average molecular weight is 264 g/mol. The molecular weight excluding hydrogens is 244 g/mol. The van der Waals surface area contributed by atoms with Gasteiger partial charge in [0.05, 0.1) is 17.4 Å². The van der Waals surface area contributed by atoms with Crippen LogP contribution in [-0.4, -0.2) is 44.7 Å². The monoisotopic (exact) mass is 264 g/mol. The number of carboxylic acid groups (broad SMARTS) is 1. The van der Waals surface area contributed by atoms with Crippen LogP contribution in [0.1, 0.15) is 19.8 Å². The zero-order valence-corrected chi connectivity index (χ0v) is 11.1. The maximum atomic E-state index is 11.4. The van der Waals surface area contributed by atoms with E-state index in [1.165, 1.54) is 0 Å². The SMILES string of the molecule is COCCC(C)C(C(=O)O)C1CCS(=O)(=O)C1. The van der Waals surface area contributed by atoms with E-state index in [1.54, 1.807) is 7.11 Å². The molecule has 3 unspecified atom stereocenters. The third kappa shape index (κ3) is 3.96. The van der Waals surface area contributed by atoms with Gasteiger partial charge in [0.15, 0.2) is 9.84 Å². The highest BCUT2D eigenvalue weighted by molar-refractivity contribution is 7.91. The van der Waals surface area contributed by atoms with Crippen LogP contribution in [0, 0.1) is 17.8 Å². The quantitative estimate of drug-likeness (QED) is 0.767. The molecule has 3 atom stereocenters. The summed E-state index contributed by atoms with van der Waals surface area (Å²) in [4.78, 5) is 11.3. The van der Waals surface area contributed by atoms with Gasteiger partial charge in [-0.25, -0.2) is 8.42 Å². The first kappa shape index (κ1) is 14.4. The van der Waals surface area contributed by atoms with Crippen molar-refractivity contribution in [2.45, 2.75) is 19.8 Å². The fraction of sp³-hybridized carbons (Fsp3) is 0.909. The molecule has 1 saturated heterocycles. The molecule has 0 radical (unpaired) electrons. The van der Waals surface area contributed by atoms with Crippen LogP contribution in [-0.2, 0) is 19.4 Å². The second-order valence-electron chi connectivity index (χ2n) is 4.79. The van der Waals surface area contributed by atoms with Crippen LogP contribution in [0.5, 0.6) is 0 Å². The van der Waals surface area contributed by atoms with E-state index in [0.717, 1.165) is 0 Å². The van der Waals surface area contributed by atoms with Gasteiger partial charge in [0, 0.05) is 13.7 Å². The van der Waals surface area contributed by atoms with E-state index in [-0.39, 0.29) is 23.3 Å². The van der Waals surface area contributed by atoms with Crippen molar-refractivity contribution in [3.8, 4) is 0 Å². The predicted molar refractivity (Wildman–Crippen MR) is 63.5 cm³/mol. The summed E-state index contributed by atoms with van der Waals surface area (Å²) in [5, 5.41) is 9.24. The minimum absolute atomic E-state index is 0.0152. The number of sulfone groups is 1. The predicted octanol–water partition coefficient (Wildman–Crippen LogP) is 0.795. The van der Waals surface area contributed by atoms with Crippen LogP contribution in [0.4, 0.5) is 0 Å². The number of hydrogen-bond acceptors (Lipinski definition) is 4. The largest absolute Gasteiger partial charge is 0.481 e. The van der Waals surface area contributed by atoms with E-state index in [4.69, 9.17) is 4.74 Å². The van der Waals surface area contributed by atoms with Crippen LogP contribution in [0.2, 0.25) is 0 Å². The first-order chi connectivity index (χ1) is 7.87. The molecule has 0 bridgehead atoms. The zero-order chi connectivity index (χ0) is 13.1. The molecule has 1 rings (SSSR count). The fourth-order valence-electron chi connectivity index (χ4n) is 2.50. The molecule has 0 aromatic heterocycles. The average Bonchev–Trinajstić information content (AvgIpc) is 2.55. The molecule has 0 spiro atoms. The molecule has 17 heavy (non-hydrogen) atoms. The third-order valence-corrected chi connectivity index (χ3v) is 5.24. The summed E-state index contributed by atoms with van der Waals surface area (Å²) in [5.41, 5.74) is 0. The van der Waals surface area contributed by atoms with Crippen molar-refractivity contribution in [1.82, 2.24) is 0 Å². The molecule has 1 N–H and O–H groups in total. The van der Waals surface area contributed by atoms with Crippen LogP contribution in [0.15, 0.2) is 0 Å². The maximum absolute atomic E-state index is 11.4. The molecule has 5 nitrogen and oxygen atoms in total. The number of methoxy groups -OCH3 is 1. The van der Waals surface area contributed by atoms with Gasteiger partial charge >= 0.3 is 5.97 Å². The second-order valence-corrected chi connectivity index (χ2v) is 7.01. The Labute approximate surface area is 102 Å². The number of carboxylic acids is 1. The summed E-state index contributed by atoms with van der Waals surface area (Å²) < 4.78 is 27.7. The maximum Gasteiger partial charge on any atom is 0.307 e. The van der Waals surface area contributed by atoms with E-state index in [0.29, 0.717) is 19.4 Å². The van der Waals surface area contributed by atoms with Gasteiger partial charge in [0.25, 0.3) is 0 Å². The molecule has 1 aliphatic heterocycles. The molecular formula is C11H20O5S. The molecule has 0 aromatic carbocycles. The lowest BCUT2D eigenvalue weighted by molar-refractivity contribution is -0.145. The van der Waals surface area contributed by atoms with Crippen molar-refractivity contribution in [2.24, 2.45) is 17.8 Å². The number of aliphatic carboxylic acids is 1. The third-order valence-electron chi connectivity index (χ3n) is 3.45.